The Bertz CT molecular complexity index is 684. The fraction of sp³-hybridized carbons (Fsp3) is 0.278. The zero-order valence-corrected chi connectivity index (χ0v) is 15.5. The molecule has 3 nitrogen and oxygen atoms in total. The van der Waals surface area contributed by atoms with Crippen molar-refractivity contribution in [1.29, 1.82) is 0 Å². The second kappa shape index (κ2) is 8.77. The van der Waals surface area contributed by atoms with Crippen molar-refractivity contribution in [3.05, 3.63) is 65.2 Å². The van der Waals surface area contributed by atoms with E-state index in [-0.39, 0.29) is 29.6 Å². The van der Waals surface area contributed by atoms with E-state index in [0.717, 1.165) is 23.4 Å². The number of likely N-dealkylation sites (tertiary alicyclic amines) is 1. The Kier molecular flexibility index (Phi) is 6.99. The monoisotopic (exact) mass is 382 g/mol. The molecule has 0 saturated carbocycles. The Morgan fingerprint density at radius 1 is 1.17 bits per heavy atom. The van der Waals surface area contributed by atoms with Gasteiger partial charge in [0.2, 0.25) is 5.91 Å². The quantitative estimate of drug-likeness (QED) is 0.807. The Labute approximate surface area is 158 Å². The van der Waals surface area contributed by atoms with Crippen LogP contribution < -0.4 is 5.73 Å². The van der Waals surface area contributed by atoms with Crippen LogP contribution >= 0.6 is 35.8 Å². The van der Waals surface area contributed by atoms with E-state index in [2.05, 4.69) is 0 Å². The summed E-state index contributed by atoms with van der Waals surface area (Å²) in [5.41, 5.74) is 6.95. The van der Waals surface area contributed by atoms with Crippen LogP contribution in [0, 0.1) is 0 Å². The molecule has 1 fully saturated rings. The number of carbonyl (C=O) groups is 1. The van der Waals surface area contributed by atoms with Gasteiger partial charge in [-0.3, -0.25) is 4.79 Å². The third-order valence-corrected chi connectivity index (χ3v) is 5.71. The molecule has 1 saturated heterocycles. The van der Waals surface area contributed by atoms with E-state index < -0.39 is 0 Å². The molecule has 1 aliphatic rings. The molecule has 3 rings (SSSR count). The van der Waals surface area contributed by atoms with Crippen LogP contribution in [-0.4, -0.2) is 29.9 Å². The first-order valence-corrected chi connectivity index (χ1v) is 8.91. The lowest BCUT2D eigenvalue weighted by Gasteiger charge is -2.23. The minimum absolute atomic E-state index is 0. The first kappa shape index (κ1) is 19.1. The third-order valence-electron chi connectivity index (χ3n) is 3.94. The average Bonchev–Trinajstić information content (AvgIpc) is 3.01. The second-order valence-corrected chi connectivity index (χ2v) is 7.23. The molecule has 1 heterocycles. The molecule has 2 aromatic rings. The summed E-state index contributed by atoms with van der Waals surface area (Å²) in [4.78, 5) is 15.8. The molecule has 1 aliphatic heterocycles. The summed E-state index contributed by atoms with van der Waals surface area (Å²) >= 11 is 7.78. The highest BCUT2D eigenvalue weighted by molar-refractivity contribution is 8.00. The molecule has 0 radical (unpaired) electrons. The number of hydrogen-bond acceptors (Lipinski definition) is 3. The van der Waals surface area contributed by atoms with Crippen molar-refractivity contribution in [3.8, 4) is 0 Å². The summed E-state index contributed by atoms with van der Waals surface area (Å²) in [7, 11) is 0. The van der Waals surface area contributed by atoms with Crippen LogP contribution in [0.4, 0.5) is 0 Å². The molecule has 128 valence electrons. The molecule has 0 aliphatic carbocycles. The van der Waals surface area contributed by atoms with Gasteiger partial charge < -0.3 is 10.6 Å². The summed E-state index contributed by atoms with van der Waals surface area (Å²) in [5, 5.41) is 0.366. The Morgan fingerprint density at radius 3 is 2.46 bits per heavy atom. The van der Waals surface area contributed by atoms with Gasteiger partial charge in [-0.1, -0.05) is 54.1 Å². The molecule has 1 unspecified atom stereocenters. The van der Waals surface area contributed by atoms with Gasteiger partial charge in [-0.2, -0.15) is 0 Å². The minimum Gasteiger partial charge on any atom is -0.340 e. The zero-order chi connectivity index (χ0) is 16.2. The SMILES string of the molecule is Cl.N[C@@H]1CCN(C(=O)C(Sc2ccccc2Cl)c2ccccc2)C1. The number of halogens is 2. The molecule has 2 atom stereocenters. The Hall–Kier alpha value is -1.20. The number of nitrogens with two attached hydrogens (primary N) is 1. The topological polar surface area (TPSA) is 46.3 Å². The highest BCUT2D eigenvalue weighted by atomic mass is 35.5. The van der Waals surface area contributed by atoms with Crippen molar-refractivity contribution in [2.24, 2.45) is 5.73 Å². The Balaban J connectivity index is 0.00000208. The van der Waals surface area contributed by atoms with Gasteiger partial charge >= 0.3 is 0 Å². The van der Waals surface area contributed by atoms with E-state index in [4.69, 9.17) is 17.3 Å². The maximum atomic E-state index is 13.0. The summed E-state index contributed by atoms with van der Waals surface area (Å²) in [6, 6.07) is 17.6. The molecule has 24 heavy (non-hydrogen) atoms. The predicted molar refractivity (Wildman–Crippen MR) is 103 cm³/mol. The normalized spacial score (nSPS) is 18.1. The van der Waals surface area contributed by atoms with Crippen molar-refractivity contribution in [3.63, 3.8) is 0 Å². The third kappa shape index (κ3) is 4.45. The fourth-order valence-electron chi connectivity index (χ4n) is 2.71. The number of nitrogens with zero attached hydrogens (tertiary/aromatic N) is 1. The zero-order valence-electron chi connectivity index (χ0n) is 13.1. The first-order valence-electron chi connectivity index (χ1n) is 7.65. The average molecular weight is 383 g/mol. The number of carbonyl (C=O) groups excluding carboxylic acids is 1. The molecule has 0 spiro atoms. The molecular formula is C18H20Cl2N2OS. The van der Waals surface area contributed by atoms with E-state index >= 15 is 0 Å². The largest absolute Gasteiger partial charge is 0.340 e. The van der Waals surface area contributed by atoms with E-state index in [9.17, 15) is 4.79 Å². The lowest BCUT2D eigenvalue weighted by Crippen LogP contribution is -2.34. The smallest absolute Gasteiger partial charge is 0.240 e. The van der Waals surface area contributed by atoms with E-state index in [0.29, 0.717) is 11.6 Å². The van der Waals surface area contributed by atoms with Gasteiger partial charge in [-0.15, -0.1) is 24.2 Å². The molecular weight excluding hydrogens is 363 g/mol. The van der Waals surface area contributed by atoms with Crippen molar-refractivity contribution < 1.29 is 4.79 Å². The van der Waals surface area contributed by atoms with Gasteiger partial charge in [0, 0.05) is 24.0 Å². The lowest BCUT2D eigenvalue weighted by molar-refractivity contribution is -0.129. The number of rotatable bonds is 4. The summed E-state index contributed by atoms with van der Waals surface area (Å²) in [6.45, 7) is 1.36. The van der Waals surface area contributed by atoms with Gasteiger partial charge in [0.15, 0.2) is 0 Å². The maximum absolute atomic E-state index is 13.0. The minimum atomic E-state index is -0.304. The van der Waals surface area contributed by atoms with Crippen molar-refractivity contribution in [2.45, 2.75) is 22.6 Å². The van der Waals surface area contributed by atoms with Crippen LogP contribution in [0.1, 0.15) is 17.2 Å². The van der Waals surface area contributed by atoms with E-state index in [1.165, 1.54) is 11.8 Å². The van der Waals surface area contributed by atoms with Crippen LogP contribution in [0.5, 0.6) is 0 Å². The first-order chi connectivity index (χ1) is 11.1. The highest BCUT2D eigenvalue weighted by Crippen LogP contribution is 2.40. The standard InChI is InChI=1S/C18H19ClN2OS.ClH/c19-15-8-4-5-9-16(15)23-17(13-6-2-1-3-7-13)18(22)21-11-10-14(20)12-21;/h1-9,14,17H,10-12,20H2;1H/t14-,17?;/m1./s1. The highest BCUT2D eigenvalue weighted by Gasteiger charge is 2.31. The molecule has 1 amide bonds. The van der Waals surface area contributed by atoms with Crippen LogP contribution in [0.25, 0.3) is 0 Å². The molecule has 2 aromatic carbocycles. The van der Waals surface area contributed by atoms with Crippen molar-refractivity contribution in [2.75, 3.05) is 13.1 Å². The van der Waals surface area contributed by atoms with Gasteiger partial charge in [-0.05, 0) is 24.1 Å². The van der Waals surface area contributed by atoms with Crippen molar-refractivity contribution >= 4 is 41.7 Å². The molecule has 0 aromatic heterocycles. The van der Waals surface area contributed by atoms with Gasteiger partial charge in [0.25, 0.3) is 0 Å². The Morgan fingerprint density at radius 2 is 1.83 bits per heavy atom. The second-order valence-electron chi connectivity index (χ2n) is 5.67. The maximum Gasteiger partial charge on any atom is 0.240 e. The van der Waals surface area contributed by atoms with Gasteiger partial charge in [0.05, 0.1) is 5.02 Å². The molecule has 0 bridgehead atoms. The van der Waals surface area contributed by atoms with Gasteiger partial charge in [0.1, 0.15) is 5.25 Å². The number of thioether (sulfide) groups is 1. The van der Waals surface area contributed by atoms with E-state index in [1.807, 2.05) is 59.5 Å². The van der Waals surface area contributed by atoms with Crippen molar-refractivity contribution in [1.82, 2.24) is 4.90 Å². The molecule has 2 N–H and O–H groups in total. The van der Waals surface area contributed by atoms with Crippen LogP contribution in [-0.2, 0) is 4.79 Å². The van der Waals surface area contributed by atoms with Crippen LogP contribution in [0.15, 0.2) is 59.5 Å². The summed E-state index contributed by atoms with van der Waals surface area (Å²) in [5.74, 6) is 0.106. The molecule has 6 heteroatoms. The van der Waals surface area contributed by atoms with Gasteiger partial charge in [-0.25, -0.2) is 0 Å². The van der Waals surface area contributed by atoms with E-state index in [1.54, 1.807) is 0 Å². The number of benzene rings is 2. The summed E-state index contributed by atoms with van der Waals surface area (Å²) < 4.78 is 0. The van der Waals surface area contributed by atoms with Crippen LogP contribution in [0.2, 0.25) is 5.02 Å². The lowest BCUT2D eigenvalue weighted by atomic mass is 10.1. The van der Waals surface area contributed by atoms with Crippen LogP contribution in [0.3, 0.4) is 0 Å². The number of amides is 1. The fourth-order valence-corrected chi connectivity index (χ4v) is 4.11. The number of hydrogen-bond donors (Lipinski definition) is 1. The summed E-state index contributed by atoms with van der Waals surface area (Å²) in [6.07, 6.45) is 0.865. The predicted octanol–water partition coefficient (Wildman–Crippen LogP) is 4.15.